The molecule has 3 rings (SSSR count). The third-order valence-corrected chi connectivity index (χ3v) is 4.33. The molecule has 0 fully saturated rings. The van der Waals surface area contributed by atoms with Crippen molar-refractivity contribution in [1.29, 1.82) is 0 Å². The van der Waals surface area contributed by atoms with Crippen molar-refractivity contribution in [3.63, 3.8) is 0 Å². The Hall–Kier alpha value is -1.52. The number of carbonyl (C=O) groups is 1. The second-order valence-electron chi connectivity index (χ2n) is 3.84. The van der Waals surface area contributed by atoms with Crippen LogP contribution in [0.25, 0.3) is 10.8 Å². The van der Waals surface area contributed by atoms with Gasteiger partial charge in [-0.2, -0.15) is 0 Å². The van der Waals surface area contributed by atoms with E-state index < -0.39 is 0 Å². The standard InChI is InChI=1S/C14H8BrNOS/c15-13-6-5-12(18-13)14(17)11-8-16-7-9-3-1-2-4-10(9)11/h1-8H. The molecule has 1 aromatic carbocycles. The van der Waals surface area contributed by atoms with Crippen LogP contribution in [0.1, 0.15) is 15.2 Å². The lowest BCUT2D eigenvalue weighted by Gasteiger charge is -2.03. The normalized spacial score (nSPS) is 10.7. The summed E-state index contributed by atoms with van der Waals surface area (Å²) in [6, 6.07) is 11.5. The number of halogens is 1. The first-order valence-corrected chi connectivity index (χ1v) is 6.99. The Morgan fingerprint density at radius 3 is 2.72 bits per heavy atom. The second kappa shape index (κ2) is 4.63. The molecule has 2 heterocycles. The van der Waals surface area contributed by atoms with Crippen LogP contribution in [0.15, 0.2) is 52.6 Å². The minimum Gasteiger partial charge on any atom is -0.288 e. The number of hydrogen-bond donors (Lipinski definition) is 0. The maximum Gasteiger partial charge on any atom is 0.205 e. The molecule has 0 saturated heterocycles. The van der Waals surface area contributed by atoms with Crippen molar-refractivity contribution in [1.82, 2.24) is 4.98 Å². The minimum atomic E-state index is 0.0231. The Balaban J connectivity index is 2.17. The number of nitrogens with zero attached hydrogens (tertiary/aromatic N) is 1. The Morgan fingerprint density at radius 1 is 1.11 bits per heavy atom. The van der Waals surface area contributed by atoms with E-state index in [4.69, 9.17) is 0 Å². The highest BCUT2D eigenvalue weighted by Gasteiger charge is 2.14. The fraction of sp³-hybridized carbons (Fsp3) is 0. The van der Waals surface area contributed by atoms with Gasteiger partial charge >= 0.3 is 0 Å². The molecule has 0 atom stereocenters. The van der Waals surface area contributed by atoms with Gasteiger partial charge in [-0.1, -0.05) is 24.3 Å². The molecule has 2 aromatic heterocycles. The topological polar surface area (TPSA) is 30.0 Å². The number of ketones is 1. The molecule has 18 heavy (non-hydrogen) atoms. The first-order valence-electron chi connectivity index (χ1n) is 5.38. The first kappa shape index (κ1) is 11.6. The van der Waals surface area contributed by atoms with E-state index in [9.17, 15) is 4.79 Å². The van der Waals surface area contributed by atoms with Gasteiger partial charge in [0.05, 0.1) is 8.66 Å². The quantitative estimate of drug-likeness (QED) is 0.660. The van der Waals surface area contributed by atoms with Crippen molar-refractivity contribution in [3.05, 3.63) is 63.0 Å². The molecule has 0 radical (unpaired) electrons. The summed E-state index contributed by atoms with van der Waals surface area (Å²) in [5.74, 6) is 0.0231. The molecule has 0 bridgehead atoms. The highest BCUT2D eigenvalue weighted by atomic mass is 79.9. The molecule has 88 valence electrons. The molecule has 0 aliphatic heterocycles. The van der Waals surface area contributed by atoms with E-state index in [-0.39, 0.29) is 5.78 Å². The molecule has 0 saturated carbocycles. The highest BCUT2D eigenvalue weighted by molar-refractivity contribution is 9.11. The molecule has 4 heteroatoms. The number of thiophene rings is 1. The van der Waals surface area contributed by atoms with Crippen LogP contribution in [0, 0.1) is 0 Å². The number of hydrogen-bond acceptors (Lipinski definition) is 3. The smallest absolute Gasteiger partial charge is 0.205 e. The fourth-order valence-corrected chi connectivity index (χ4v) is 3.21. The SMILES string of the molecule is O=C(c1ccc(Br)s1)c1cncc2ccccc12. The summed E-state index contributed by atoms with van der Waals surface area (Å²) in [5, 5.41) is 1.93. The van der Waals surface area contributed by atoms with Gasteiger partial charge < -0.3 is 0 Å². The van der Waals surface area contributed by atoms with E-state index in [0.717, 1.165) is 19.4 Å². The summed E-state index contributed by atoms with van der Waals surface area (Å²) in [6.45, 7) is 0. The van der Waals surface area contributed by atoms with Crippen LogP contribution < -0.4 is 0 Å². The van der Waals surface area contributed by atoms with Gasteiger partial charge in [-0.05, 0) is 33.4 Å². The van der Waals surface area contributed by atoms with Crippen molar-refractivity contribution in [2.45, 2.75) is 0 Å². The predicted octanol–water partition coefficient (Wildman–Crippen LogP) is 4.29. The van der Waals surface area contributed by atoms with Gasteiger partial charge in [0.25, 0.3) is 0 Å². The van der Waals surface area contributed by atoms with Crippen LogP contribution in [0.5, 0.6) is 0 Å². The lowest BCUT2D eigenvalue weighted by molar-refractivity contribution is 0.104. The maximum absolute atomic E-state index is 12.4. The molecule has 0 spiro atoms. The molecule has 0 aliphatic carbocycles. The minimum absolute atomic E-state index is 0.0231. The number of aromatic nitrogens is 1. The Bertz CT molecular complexity index is 730. The zero-order chi connectivity index (χ0) is 12.5. The van der Waals surface area contributed by atoms with Gasteiger partial charge in [0.15, 0.2) is 0 Å². The van der Waals surface area contributed by atoms with Crippen LogP contribution in [0.3, 0.4) is 0 Å². The number of carbonyl (C=O) groups excluding carboxylic acids is 1. The van der Waals surface area contributed by atoms with E-state index in [1.165, 1.54) is 11.3 Å². The van der Waals surface area contributed by atoms with E-state index in [1.54, 1.807) is 12.4 Å². The highest BCUT2D eigenvalue weighted by Crippen LogP contribution is 2.26. The average Bonchev–Trinajstić information content (AvgIpc) is 2.84. The zero-order valence-electron chi connectivity index (χ0n) is 9.26. The molecule has 0 N–H and O–H groups in total. The Morgan fingerprint density at radius 2 is 1.94 bits per heavy atom. The third-order valence-electron chi connectivity index (χ3n) is 2.71. The first-order chi connectivity index (χ1) is 8.75. The summed E-state index contributed by atoms with van der Waals surface area (Å²) >= 11 is 4.81. The van der Waals surface area contributed by atoms with Crippen molar-refractivity contribution < 1.29 is 4.79 Å². The summed E-state index contributed by atoms with van der Waals surface area (Å²) in [4.78, 5) is 17.3. The van der Waals surface area contributed by atoms with E-state index in [0.29, 0.717) is 5.56 Å². The summed E-state index contributed by atoms with van der Waals surface area (Å²) < 4.78 is 0.957. The second-order valence-corrected chi connectivity index (χ2v) is 6.30. The van der Waals surface area contributed by atoms with Crippen LogP contribution in [0.2, 0.25) is 0 Å². The maximum atomic E-state index is 12.4. The number of rotatable bonds is 2. The molecule has 0 amide bonds. The van der Waals surface area contributed by atoms with Crippen molar-refractivity contribution in [3.8, 4) is 0 Å². The van der Waals surface area contributed by atoms with E-state index in [2.05, 4.69) is 20.9 Å². The number of fused-ring (bicyclic) bond motifs is 1. The monoisotopic (exact) mass is 317 g/mol. The largest absolute Gasteiger partial charge is 0.288 e. The molecule has 0 unspecified atom stereocenters. The number of pyridine rings is 1. The molecular weight excluding hydrogens is 310 g/mol. The Kier molecular flexibility index (Phi) is 2.97. The van der Waals surface area contributed by atoms with Crippen LogP contribution in [0.4, 0.5) is 0 Å². The Labute approximate surface area is 116 Å². The van der Waals surface area contributed by atoms with Crippen molar-refractivity contribution in [2.75, 3.05) is 0 Å². The van der Waals surface area contributed by atoms with Crippen molar-refractivity contribution >= 4 is 43.8 Å². The third kappa shape index (κ3) is 1.98. The predicted molar refractivity (Wildman–Crippen MR) is 77.2 cm³/mol. The van der Waals surface area contributed by atoms with Gasteiger partial charge in [-0.3, -0.25) is 9.78 Å². The molecule has 3 aromatic rings. The van der Waals surface area contributed by atoms with E-state index >= 15 is 0 Å². The van der Waals surface area contributed by atoms with Gasteiger partial charge in [-0.15, -0.1) is 11.3 Å². The zero-order valence-corrected chi connectivity index (χ0v) is 11.7. The van der Waals surface area contributed by atoms with Crippen LogP contribution in [-0.2, 0) is 0 Å². The van der Waals surface area contributed by atoms with Gasteiger partial charge in [0.1, 0.15) is 0 Å². The van der Waals surface area contributed by atoms with Gasteiger partial charge in [0, 0.05) is 23.3 Å². The van der Waals surface area contributed by atoms with Gasteiger partial charge in [-0.25, -0.2) is 0 Å². The number of benzene rings is 1. The molecular formula is C14H8BrNOS. The lowest BCUT2D eigenvalue weighted by atomic mass is 10.0. The van der Waals surface area contributed by atoms with Crippen LogP contribution >= 0.6 is 27.3 Å². The fourth-order valence-electron chi connectivity index (χ4n) is 1.87. The summed E-state index contributed by atoms with van der Waals surface area (Å²) in [6.07, 6.45) is 3.41. The summed E-state index contributed by atoms with van der Waals surface area (Å²) in [5.41, 5.74) is 0.655. The van der Waals surface area contributed by atoms with Gasteiger partial charge in [0.2, 0.25) is 5.78 Å². The summed E-state index contributed by atoms with van der Waals surface area (Å²) in [7, 11) is 0. The average molecular weight is 318 g/mol. The lowest BCUT2D eigenvalue weighted by Crippen LogP contribution is -2.00. The van der Waals surface area contributed by atoms with Crippen LogP contribution in [-0.4, -0.2) is 10.8 Å². The van der Waals surface area contributed by atoms with E-state index in [1.807, 2.05) is 36.4 Å². The molecule has 0 aliphatic rings. The molecule has 2 nitrogen and oxygen atoms in total. The van der Waals surface area contributed by atoms with Crippen molar-refractivity contribution in [2.24, 2.45) is 0 Å².